The number of hydrogen-bond donors (Lipinski definition) is 1. The van der Waals surface area contributed by atoms with E-state index in [2.05, 4.69) is 15.9 Å². The summed E-state index contributed by atoms with van der Waals surface area (Å²) in [5, 5.41) is 0.638. The van der Waals surface area contributed by atoms with E-state index >= 15 is 0 Å². The summed E-state index contributed by atoms with van der Waals surface area (Å²) in [5.41, 5.74) is 7.23. The first-order valence-corrected chi connectivity index (χ1v) is 7.53. The molecule has 0 fully saturated rings. The molecule has 0 saturated carbocycles. The van der Waals surface area contributed by atoms with Crippen LogP contribution >= 0.6 is 38.9 Å². The quantitative estimate of drug-likeness (QED) is 0.814. The minimum Gasteiger partial charge on any atom is -0.462 e. The molecular weight excluding hydrogens is 350 g/mol. The lowest BCUT2D eigenvalue weighted by Gasteiger charge is -2.00. The van der Waals surface area contributed by atoms with E-state index < -0.39 is 0 Å². The van der Waals surface area contributed by atoms with Crippen LogP contribution in [0.15, 0.2) is 28.7 Å². The van der Waals surface area contributed by atoms with E-state index in [0.29, 0.717) is 22.2 Å². The van der Waals surface area contributed by atoms with Crippen molar-refractivity contribution < 1.29 is 9.53 Å². The van der Waals surface area contributed by atoms with Gasteiger partial charge in [-0.2, -0.15) is 0 Å². The molecule has 0 aliphatic rings. The minimum atomic E-state index is -0.385. The van der Waals surface area contributed by atoms with Crippen molar-refractivity contribution in [3.63, 3.8) is 0 Å². The molecular formula is C13H11BrClNO2S. The summed E-state index contributed by atoms with van der Waals surface area (Å²) in [5.74, 6) is -0.385. The number of thiophene rings is 1. The van der Waals surface area contributed by atoms with Gasteiger partial charge in [-0.15, -0.1) is 11.3 Å². The molecule has 0 unspecified atom stereocenters. The molecule has 1 aromatic carbocycles. The molecule has 1 heterocycles. The molecule has 0 aliphatic carbocycles. The maximum atomic E-state index is 11.7. The molecule has 0 radical (unpaired) electrons. The molecule has 100 valence electrons. The van der Waals surface area contributed by atoms with Gasteiger partial charge in [0, 0.05) is 9.35 Å². The molecule has 2 rings (SSSR count). The number of nitrogen functional groups attached to an aromatic ring is 1. The van der Waals surface area contributed by atoms with Gasteiger partial charge in [0.2, 0.25) is 0 Å². The third-order valence-electron chi connectivity index (χ3n) is 2.43. The highest BCUT2D eigenvalue weighted by atomic mass is 79.9. The van der Waals surface area contributed by atoms with Gasteiger partial charge < -0.3 is 10.5 Å². The van der Waals surface area contributed by atoms with Crippen molar-refractivity contribution in [1.29, 1.82) is 0 Å². The molecule has 0 atom stereocenters. The van der Waals surface area contributed by atoms with Gasteiger partial charge in [0.05, 0.1) is 17.3 Å². The van der Waals surface area contributed by atoms with E-state index in [9.17, 15) is 4.79 Å². The van der Waals surface area contributed by atoms with Gasteiger partial charge in [0.15, 0.2) is 0 Å². The third kappa shape index (κ3) is 3.11. The highest BCUT2D eigenvalue weighted by molar-refractivity contribution is 9.10. The van der Waals surface area contributed by atoms with E-state index in [4.69, 9.17) is 22.1 Å². The Kier molecular flexibility index (Phi) is 4.50. The molecule has 3 nitrogen and oxygen atoms in total. The van der Waals surface area contributed by atoms with Gasteiger partial charge in [-0.3, -0.25) is 0 Å². The fraction of sp³-hybridized carbons (Fsp3) is 0.154. The summed E-state index contributed by atoms with van der Waals surface area (Å²) < 4.78 is 5.76. The maximum absolute atomic E-state index is 11.7. The average Bonchev–Trinajstić information content (AvgIpc) is 2.75. The van der Waals surface area contributed by atoms with Crippen molar-refractivity contribution in [3.8, 4) is 10.4 Å². The van der Waals surface area contributed by atoms with E-state index in [0.717, 1.165) is 14.9 Å². The van der Waals surface area contributed by atoms with E-state index in [1.807, 2.05) is 12.1 Å². The molecule has 0 aliphatic heterocycles. The lowest BCUT2D eigenvalue weighted by molar-refractivity contribution is 0.0533. The number of ether oxygens (including phenoxy) is 1. The lowest BCUT2D eigenvalue weighted by Crippen LogP contribution is -2.04. The predicted octanol–water partition coefficient (Wildman–Crippen LogP) is 4.59. The van der Waals surface area contributed by atoms with E-state index in [1.54, 1.807) is 19.1 Å². The molecule has 0 bridgehead atoms. The van der Waals surface area contributed by atoms with Crippen molar-refractivity contribution in [2.75, 3.05) is 12.3 Å². The van der Waals surface area contributed by atoms with Crippen LogP contribution in [0, 0.1) is 0 Å². The standard InChI is InChI=1S/C13H11BrClNO2S/c1-2-18-13(17)12-10(16)6-11(19-12)7-3-4-9(15)8(14)5-7/h3-6H,2,16H2,1H3. The van der Waals surface area contributed by atoms with Gasteiger partial charge in [-0.1, -0.05) is 17.7 Å². The maximum Gasteiger partial charge on any atom is 0.350 e. The van der Waals surface area contributed by atoms with Crippen molar-refractivity contribution in [2.45, 2.75) is 6.92 Å². The number of anilines is 1. The van der Waals surface area contributed by atoms with Crippen LogP contribution in [0.4, 0.5) is 5.69 Å². The first kappa shape index (κ1) is 14.4. The fourth-order valence-electron chi connectivity index (χ4n) is 1.55. The first-order chi connectivity index (χ1) is 9.02. The largest absolute Gasteiger partial charge is 0.462 e. The van der Waals surface area contributed by atoms with Crippen LogP contribution in [-0.2, 0) is 4.74 Å². The molecule has 0 saturated heterocycles. The van der Waals surface area contributed by atoms with Crippen LogP contribution in [0.1, 0.15) is 16.6 Å². The Morgan fingerprint density at radius 3 is 2.84 bits per heavy atom. The minimum absolute atomic E-state index is 0.331. The summed E-state index contributed by atoms with van der Waals surface area (Å²) in [7, 11) is 0. The Morgan fingerprint density at radius 1 is 1.47 bits per heavy atom. The van der Waals surface area contributed by atoms with Gasteiger partial charge in [0.1, 0.15) is 4.88 Å². The Bertz CT molecular complexity index is 627. The van der Waals surface area contributed by atoms with E-state index in [-0.39, 0.29) is 5.97 Å². The summed E-state index contributed by atoms with van der Waals surface area (Å²) in [6.45, 7) is 2.09. The van der Waals surface area contributed by atoms with Crippen LogP contribution < -0.4 is 5.73 Å². The molecule has 0 amide bonds. The third-order valence-corrected chi connectivity index (χ3v) is 4.82. The summed E-state index contributed by atoms with van der Waals surface area (Å²) in [6.07, 6.45) is 0. The zero-order chi connectivity index (χ0) is 14.0. The number of carbonyl (C=O) groups is 1. The van der Waals surface area contributed by atoms with Gasteiger partial charge in [0.25, 0.3) is 0 Å². The number of halogens is 2. The Balaban J connectivity index is 2.38. The Labute approximate surface area is 128 Å². The summed E-state index contributed by atoms with van der Waals surface area (Å²) in [6, 6.07) is 7.34. The number of esters is 1. The SMILES string of the molecule is CCOC(=O)c1sc(-c2ccc(Cl)c(Br)c2)cc1N. The molecule has 2 N–H and O–H groups in total. The van der Waals surface area contributed by atoms with Crippen molar-refractivity contribution in [3.05, 3.63) is 38.6 Å². The summed E-state index contributed by atoms with van der Waals surface area (Å²) >= 11 is 10.6. The Morgan fingerprint density at radius 2 is 2.21 bits per heavy atom. The number of nitrogens with two attached hydrogens (primary N) is 1. The first-order valence-electron chi connectivity index (χ1n) is 5.54. The van der Waals surface area contributed by atoms with Crippen LogP contribution in [0.2, 0.25) is 5.02 Å². The monoisotopic (exact) mass is 359 g/mol. The molecule has 19 heavy (non-hydrogen) atoms. The van der Waals surface area contributed by atoms with Crippen molar-refractivity contribution in [1.82, 2.24) is 0 Å². The second kappa shape index (κ2) is 5.94. The highest BCUT2D eigenvalue weighted by Gasteiger charge is 2.16. The number of carbonyl (C=O) groups excluding carboxylic acids is 1. The number of benzene rings is 1. The van der Waals surface area contributed by atoms with Crippen LogP contribution in [0.3, 0.4) is 0 Å². The fourth-order valence-corrected chi connectivity index (χ4v) is 3.02. The topological polar surface area (TPSA) is 52.3 Å². The van der Waals surface area contributed by atoms with Crippen molar-refractivity contribution >= 4 is 50.5 Å². The molecule has 0 spiro atoms. The summed E-state index contributed by atoms with van der Waals surface area (Å²) in [4.78, 5) is 13.0. The zero-order valence-corrected chi connectivity index (χ0v) is 13.2. The lowest BCUT2D eigenvalue weighted by atomic mass is 10.2. The Hall–Kier alpha value is -1.04. The molecule has 6 heteroatoms. The smallest absolute Gasteiger partial charge is 0.350 e. The zero-order valence-electron chi connectivity index (χ0n) is 10.1. The number of hydrogen-bond acceptors (Lipinski definition) is 4. The highest BCUT2D eigenvalue weighted by Crippen LogP contribution is 2.36. The van der Waals surface area contributed by atoms with Gasteiger partial charge >= 0.3 is 5.97 Å². The van der Waals surface area contributed by atoms with Crippen LogP contribution in [0.5, 0.6) is 0 Å². The second-order valence-electron chi connectivity index (χ2n) is 3.74. The van der Waals surface area contributed by atoms with Gasteiger partial charge in [-0.25, -0.2) is 4.79 Å². The van der Waals surface area contributed by atoms with Crippen LogP contribution in [-0.4, -0.2) is 12.6 Å². The molecule has 1 aromatic heterocycles. The second-order valence-corrected chi connectivity index (χ2v) is 6.06. The average molecular weight is 361 g/mol. The molecule has 2 aromatic rings. The van der Waals surface area contributed by atoms with Crippen molar-refractivity contribution in [2.24, 2.45) is 0 Å². The normalized spacial score (nSPS) is 10.5. The van der Waals surface area contributed by atoms with Crippen LogP contribution in [0.25, 0.3) is 10.4 Å². The van der Waals surface area contributed by atoms with Gasteiger partial charge in [-0.05, 0) is 46.6 Å². The number of rotatable bonds is 3. The predicted molar refractivity (Wildman–Crippen MR) is 82.8 cm³/mol. The van der Waals surface area contributed by atoms with E-state index in [1.165, 1.54) is 11.3 Å².